The number of carbonyl (C=O) groups is 1. The van der Waals surface area contributed by atoms with Gasteiger partial charge in [-0.25, -0.2) is 4.79 Å². The van der Waals surface area contributed by atoms with Crippen molar-refractivity contribution in [3.8, 4) is 0 Å². The van der Waals surface area contributed by atoms with Crippen molar-refractivity contribution in [1.82, 2.24) is 15.5 Å². The lowest BCUT2D eigenvalue weighted by molar-refractivity contribution is 0.0375. The molecule has 0 radical (unpaired) electrons. The Bertz CT molecular complexity index is 289. The molecule has 0 aromatic heterocycles. The maximum Gasteiger partial charge on any atom is 0.407 e. The average molecular weight is 255 g/mol. The molecule has 0 aromatic carbocycles. The monoisotopic (exact) mass is 255 g/mol. The topological polar surface area (TPSA) is 53.6 Å². The molecule has 1 heterocycles. The molecule has 0 unspecified atom stereocenters. The molecule has 2 fully saturated rings. The lowest BCUT2D eigenvalue weighted by Gasteiger charge is -2.44. The number of alkyl carbamates (subject to hydrolysis) is 1. The van der Waals surface area contributed by atoms with Crippen molar-refractivity contribution < 1.29 is 9.53 Å². The molecule has 2 rings (SSSR count). The number of amides is 1. The summed E-state index contributed by atoms with van der Waals surface area (Å²) < 4.78 is 5.25. The number of nitrogens with zero attached hydrogens (tertiary/aromatic N) is 1. The van der Waals surface area contributed by atoms with Crippen LogP contribution in [0.5, 0.6) is 0 Å². The van der Waals surface area contributed by atoms with Crippen LogP contribution in [0.2, 0.25) is 0 Å². The van der Waals surface area contributed by atoms with E-state index in [1.165, 1.54) is 0 Å². The van der Waals surface area contributed by atoms with Crippen LogP contribution in [0.25, 0.3) is 0 Å². The Morgan fingerprint density at radius 2 is 1.89 bits per heavy atom. The summed E-state index contributed by atoms with van der Waals surface area (Å²) in [4.78, 5) is 14.1. The molecule has 18 heavy (non-hydrogen) atoms. The minimum Gasteiger partial charge on any atom is -0.444 e. The number of hydrogen-bond acceptors (Lipinski definition) is 4. The van der Waals surface area contributed by atoms with E-state index in [-0.39, 0.29) is 6.09 Å². The van der Waals surface area contributed by atoms with Gasteiger partial charge in [-0.05, 0) is 33.6 Å². The van der Waals surface area contributed by atoms with Gasteiger partial charge in [0.05, 0.1) is 0 Å². The third-order valence-corrected chi connectivity index (χ3v) is 3.50. The van der Waals surface area contributed by atoms with E-state index in [0.29, 0.717) is 12.1 Å². The normalized spacial score (nSPS) is 29.5. The highest BCUT2D eigenvalue weighted by atomic mass is 16.6. The van der Waals surface area contributed by atoms with Gasteiger partial charge in [-0.15, -0.1) is 0 Å². The molecule has 0 aromatic rings. The van der Waals surface area contributed by atoms with Gasteiger partial charge in [0, 0.05) is 38.3 Å². The first-order valence-corrected chi connectivity index (χ1v) is 6.88. The summed E-state index contributed by atoms with van der Waals surface area (Å²) in [6, 6.07) is 0.937. The van der Waals surface area contributed by atoms with Crippen molar-refractivity contribution in [3.05, 3.63) is 0 Å². The van der Waals surface area contributed by atoms with Crippen molar-refractivity contribution in [2.24, 2.45) is 0 Å². The number of piperazine rings is 1. The fourth-order valence-corrected chi connectivity index (χ4v) is 2.53. The standard InChI is InChI=1S/C13H25N3O2/c1-13(2,3)18-12(17)15-10-8-11(9-10)16-6-4-14-5-7-16/h10-11,14H,4-9H2,1-3H3,(H,15,17). The number of nitrogens with one attached hydrogen (secondary N) is 2. The largest absolute Gasteiger partial charge is 0.444 e. The predicted molar refractivity (Wildman–Crippen MR) is 70.6 cm³/mol. The fourth-order valence-electron chi connectivity index (χ4n) is 2.53. The number of ether oxygens (including phenoxy) is 1. The third-order valence-electron chi connectivity index (χ3n) is 3.50. The zero-order valence-electron chi connectivity index (χ0n) is 11.7. The van der Waals surface area contributed by atoms with Gasteiger partial charge in [-0.1, -0.05) is 0 Å². The summed E-state index contributed by atoms with van der Waals surface area (Å²) in [5.74, 6) is 0. The Balaban J connectivity index is 1.65. The van der Waals surface area contributed by atoms with Crippen molar-refractivity contribution in [1.29, 1.82) is 0 Å². The fraction of sp³-hybridized carbons (Fsp3) is 0.923. The molecule has 5 heteroatoms. The smallest absolute Gasteiger partial charge is 0.407 e. The van der Waals surface area contributed by atoms with Crippen LogP contribution in [0.3, 0.4) is 0 Å². The molecule has 0 atom stereocenters. The van der Waals surface area contributed by atoms with E-state index in [0.717, 1.165) is 39.0 Å². The zero-order chi connectivity index (χ0) is 13.2. The highest BCUT2D eigenvalue weighted by Gasteiger charge is 2.35. The van der Waals surface area contributed by atoms with Crippen LogP contribution in [0, 0.1) is 0 Å². The lowest BCUT2D eigenvalue weighted by Crippen LogP contribution is -2.58. The van der Waals surface area contributed by atoms with Gasteiger partial charge < -0.3 is 15.4 Å². The summed E-state index contributed by atoms with van der Waals surface area (Å²) in [5, 5.41) is 6.29. The minimum absolute atomic E-state index is 0.286. The molecule has 1 saturated heterocycles. The molecule has 0 spiro atoms. The van der Waals surface area contributed by atoms with Gasteiger partial charge in [-0.2, -0.15) is 0 Å². The summed E-state index contributed by atoms with van der Waals surface area (Å²) in [7, 11) is 0. The highest BCUT2D eigenvalue weighted by Crippen LogP contribution is 2.26. The first-order valence-electron chi connectivity index (χ1n) is 6.88. The molecular formula is C13H25N3O2. The second kappa shape index (κ2) is 5.45. The van der Waals surface area contributed by atoms with E-state index < -0.39 is 5.60 Å². The van der Waals surface area contributed by atoms with Crippen LogP contribution in [0.15, 0.2) is 0 Å². The molecule has 5 nitrogen and oxygen atoms in total. The van der Waals surface area contributed by atoms with E-state index in [1.807, 2.05) is 20.8 Å². The van der Waals surface area contributed by atoms with E-state index in [2.05, 4.69) is 15.5 Å². The Labute approximate surface area is 109 Å². The molecule has 1 aliphatic heterocycles. The van der Waals surface area contributed by atoms with Gasteiger partial charge >= 0.3 is 6.09 Å². The van der Waals surface area contributed by atoms with E-state index in [1.54, 1.807) is 0 Å². The molecule has 1 amide bonds. The van der Waals surface area contributed by atoms with E-state index in [9.17, 15) is 4.79 Å². The van der Waals surface area contributed by atoms with Crippen LogP contribution in [0.1, 0.15) is 33.6 Å². The van der Waals surface area contributed by atoms with E-state index in [4.69, 9.17) is 4.74 Å². The van der Waals surface area contributed by atoms with Gasteiger partial charge in [-0.3, -0.25) is 4.90 Å². The Kier molecular flexibility index (Phi) is 4.12. The molecular weight excluding hydrogens is 230 g/mol. The van der Waals surface area contributed by atoms with Crippen LogP contribution in [0.4, 0.5) is 4.79 Å². The van der Waals surface area contributed by atoms with Crippen molar-refractivity contribution >= 4 is 6.09 Å². The van der Waals surface area contributed by atoms with Crippen LogP contribution < -0.4 is 10.6 Å². The van der Waals surface area contributed by atoms with Crippen LogP contribution in [-0.2, 0) is 4.74 Å². The second-order valence-corrected chi connectivity index (χ2v) is 6.25. The van der Waals surface area contributed by atoms with Gasteiger partial charge in [0.15, 0.2) is 0 Å². The Morgan fingerprint density at radius 1 is 1.28 bits per heavy atom. The highest BCUT2D eigenvalue weighted by molar-refractivity contribution is 5.68. The minimum atomic E-state index is -0.411. The summed E-state index contributed by atoms with van der Waals surface area (Å²) in [6.07, 6.45) is 1.82. The lowest BCUT2D eigenvalue weighted by atomic mass is 9.85. The van der Waals surface area contributed by atoms with E-state index >= 15 is 0 Å². The number of rotatable bonds is 2. The number of carbonyl (C=O) groups excluding carboxylic acids is 1. The van der Waals surface area contributed by atoms with Crippen molar-refractivity contribution in [2.45, 2.75) is 51.3 Å². The van der Waals surface area contributed by atoms with Crippen molar-refractivity contribution in [3.63, 3.8) is 0 Å². The molecule has 0 bridgehead atoms. The number of hydrogen-bond donors (Lipinski definition) is 2. The van der Waals surface area contributed by atoms with Crippen LogP contribution >= 0.6 is 0 Å². The molecule has 2 N–H and O–H groups in total. The molecule has 1 saturated carbocycles. The first kappa shape index (κ1) is 13.6. The molecule has 104 valence electrons. The average Bonchev–Trinajstić information content (AvgIpc) is 2.21. The third kappa shape index (κ3) is 3.85. The second-order valence-electron chi connectivity index (χ2n) is 6.25. The first-order chi connectivity index (χ1) is 8.44. The summed E-state index contributed by atoms with van der Waals surface area (Å²) in [5.41, 5.74) is -0.411. The SMILES string of the molecule is CC(C)(C)OC(=O)NC1CC(N2CCNCC2)C1. The Hall–Kier alpha value is -0.810. The summed E-state index contributed by atoms with van der Waals surface area (Å²) >= 11 is 0. The zero-order valence-corrected chi connectivity index (χ0v) is 11.7. The summed E-state index contributed by atoms with van der Waals surface area (Å²) in [6.45, 7) is 10.1. The van der Waals surface area contributed by atoms with Gasteiger partial charge in [0.2, 0.25) is 0 Å². The molecule has 1 aliphatic carbocycles. The maximum absolute atomic E-state index is 11.6. The quantitative estimate of drug-likeness (QED) is 0.771. The van der Waals surface area contributed by atoms with Gasteiger partial charge in [0.1, 0.15) is 5.60 Å². The van der Waals surface area contributed by atoms with Gasteiger partial charge in [0.25, 0.3) is 0 Å². The predicted octanol–water partition coefficient (Wildman–Crippen LogP) is 0.947. The van der Waals surface area contributed by atoms with Crippen molar-refractivity contribution in [2.75, 3.05) is 26.2 Å². The molecule has 2 aliphatic rings. The van der Waals surface area contributed by atoms with Crippen LogP contribution in [-0.4, -0.2) is 54.9 Å². The Morgan fingerprint density at radius 3 is 2.44 bits per heavy atom. The maximum atomic E-state index is 11.6.